The van der Waals surface area contributed by atoms with Gasteiger partial charge in [-0.05, 0) is 19.8 Å². The summed E-state index contributed by atoms with van der Waals surface area (Å²) in [5.41, 5.74) is 0. The summed E-state index contributed by atoms with van der Waals surface area (Å²) in [5.74, 6) is 0. The molecule has 1 atom stereocenters. The molecule has 3 nitrogen and oxygen atoms in total. The monoisotopic (exact) mass is 170 g/mol. The fourth-order valence-corrected chi connectivity index (χ4v) is 0.978. The average Bonchev–Trinajstić information content (AvgIpc) is 1.80. The minimum atomic E-state index is -3.94. The van der Waals surface area contributed by atoms with Crippen molar-refractivity contribution in [2.45, 2.75) is 25.0 Å². The van der Waals surface area contributed by atoms with Crippen LogP contribution in [0.3, 0.4) is 0 Å². The van der Waals surface area contributed by atoms with Gasteiger partial charge in [-0.15, -0.1) is 0 Å². The number of hydrogen-bond acceptors (Lipinski definition) is 2. The molecule has 0 saturated heterocycles. The van der Waals surface area contributed by atoms with E-state index >= 15 is 0 Å². The van der Waals surface area contributed by atoms with Crippen molar-refractivity contribution in [3.8, 4) is 0 Å². The summed E-state index contributed by atoms with van der Waals surface area (Å²) < 4.78 is 40.4. The van der Waals surface area contributed by atoms with Crippen LogP contribution in [0.2, 0.25) is 0 Å². The van der Waals surface area contributed by atoms with Gasteiger partial charge < -0.3 is 0 Å². The van der Waals surface area contributed by atoms with Gasteiger partial charge in [0, 0.05) is 0 Å². The normalized spacial score (nSPS) is 15.1. The van der Waals surface area contributed by atoms with Gasteiger partial charge in [0.15, 0.2) is 0 Å². The molecule has 0 spiro atoms. The second-order valence-corrected chi connectivity index (χ2v) is 3.99. The molecule has 0 aromatic carbocycles. The maximum atomic E-state index is 11.5. The van der Waals surface area contributed by atoms with Crippen LogP contribution in [0.4, 0.5) is 4.39 Å². The third-order valence-corrected chi connectivity index (χ3v) is 2.51. The van der Waals surface area contributed by atoms with E-state index in [4.69, 9.17) is 4.55 Å². The molecule has 62 valence electrons. The van der Waals surface area contributed by atoms with Gasteiger partial charge in [-0.25, -0.2) is 0 Å². The Labute approximate surface area is 60.0 Å². The highest BCUT2D eigenvalue weighted by Gasteiger charge is 2.15. The first-order valence-corrected chi connectivity index (χ1v) is 4.51. The smallest absolute Gasteiger partial charge is 0.267 e. The fraction of sp³-hybridized carbons (Fsp3) is 1.00. The second-order valence-electron chi connectivity index (χ2n) is 2.16. The van der Waals surface area contributed by atoms with Crippen molar-refractivity contribution in [2.24, 2.45) is 0 Å². The summed E-state index contributed by atoms with van der Waals surface area (Å²) in [7, 11) is -3.94. The van der Waals surface area contributed by atoms with Crippen LogP contribution in [-0.2, 0) is 10.1 Å². The van der Waals surface area contributed by atoms with E-state index in [1.165, 1.54) is 6.92 Å². The lowest BCUT2D eigenvalue weighted by atomic mass is 10.3. The highest BCUT2D eigenvalue weighted by molar-refractivity contribution is 7.86. The molecule has 0 aliphatic heterocycles. The molecule has 0 rings (SSSR count). The predicted molar refractivity (Wildman–Crippen MR) is 36.2 cm³/mol. The molecule has 0 heterocycles. The summed E-state index contributed by atoms with van der Waals surface area (Å²) in [6, 6.07) is 0. The quantitative estimate of drug-likeness (QED) is 0.641. The van der Waals surface area contributed by atoms with Gasteiger partial charge in [-0.2, -0.15) is 8.42 Å². The molecule has 5 heteroatoms. The third-order valence-electron chi connectivity index (χ3n) is 1.25. The summed E-state index contributed by atoms with van der Waals surface area (Å²) >= 11 is 0. The minimum absolute atomic E-state index is 0.176. The summed E-state index contributed by atoms with van der Waals surface area (Å²) in [5, 5.41) is -0.844. The van der Waals surface area contributed by atoms with E-state index in [0.717, 1.165) is 0 Å². The van der Waals surface area contributed by atoms with Gasteiger partial charge in [0.05, 0.1) is 11.9 Å². The number of hydrogen-bond donors (Lipinski definition) is 1. The van der Waals surface area contributed by atoms with E-state index in [1.54, 1.807) is 0 Å². The van der Waals surface area contributed by atoms with E-state index in [2.05, 4.69) is 0 Å². The molecule has 0 aromatic rings. The van der Waals surface area contributed by atoms with Crippen LogP contribution in [0.5, 0.6) is 0 Å². The lowest BCUT2D eigenvalue weighted by Crippen LogP contribution is -2.16. The Morgan fingerprint density at radius 3 is 2.40 bits per heavy atom. The zero-order chi connectivity index (χ0) is 8.20. The summed E-state index contributed by atoms with van der Waals surface area (Å²) in [6.07, 6.45) is 0.357. The van der Waals surface area contributed by atoms with Crippen molar-refractivity contribution in [2.75, 3.05) is 6.67 Å². The van der Waals surface area contributed by atoms with Crippen LogP contribution in [0, 0.1) is 0 Å². The van der Waals surface area contributed by atoms with Crippen LogP contribution in [0.25, 0.3) is 0 Å². The zero-order valence-electron chi connectivity index (χ0n) is 5.75. The van der Waals surface area contributed by atoms with Crippen molar-refractivity contribution in [1.82, 2.24) is 0 Å². The molecule has 0 radical (unpaired) electrons. The standard InChI is InChI=1S/C5H11FO3S/c1-5(3-2-4-6)10(7,8)9/h5H,2-4H2,1H3,(H,7,8,9). The van der Waals surface area contributed by atoms with Crippen LogP contribution in [0.1, 0.15) is 19.8 Å². The first kappa shape index (κ1) is 9.84. The Hall–Kier alpha value is -0.160. The number of alkyl halides is 1. The Morgan fingerprint density at radius 2 is 2.10 bits per heavy atom. The number of rotatable bonds is 4. The molecule has 0 saturated carbocycles. The van der Waals surface area contributed by atoms with Crippen LogP contribution < -0.4 is 0 Å². The van der Waals surface area contributed by atoms with E-state index in [1.807, 2.05) is 0 Å². The van der Waals surface area contributed by atoms with Crippen molar-refractivity contribution >= 4 is 10.1 Å². The first-order valence-electron chi connectivity index (χ1n) is 3.00. The van der Waals surface area contributed by atoms with E-state index in [0.29, 0.717) is 0 Å². The Bertz CT molecular complexity index is 175. The minimum Gasteiger partial charge on any atom is -0.285 e. The van der Waals surface area contributed by atoms with Crippen molar-refractivity contribution < 1.29 is 17.4 Å². The van der Waals surface area contributed by atoms with Crippen molar-refractivity contribution in [1.29, 1.82) is 0 Å². The van der Waals surface area contributed by atoms with Gasteiger partial charge in [0.2, 0.25) is 0 Å². The van der Waals surface area contributed by atoms with Gasteiger partial charge >= 0.3 is 0 Å². The lowest BCUT2D eigenvalue weighted by Gasteiger charge is -2.04. The lowest BCUT2D eigenvalue weighted by molar-refractivity contribution is 0.438. The Kier molecular flexibility index (Phi) is 3.81. The molecular formula is C5H11FO3S. The molecule has 0 fully saturated rings. The fourth-order valence-electron chi connectivity index (χ4n) is 0.514. The molecule has 10 heavy (non-hydrogen) atoms. The molecule has 1 unspecified atom stereocenters. The Balaban J connectivity index is 3.75. The second kappa shape index (κ2) is 3.88. The van der Waals surface area contributed by atoms with Gasteiger partial charge in [-0.3, -0.25) is 8.94 Å². The Morgan fingerprint density at radius 1 is 1.60 bits per heavy atom. The van der Waals surface area contributed by atoms with Gasteiger partial charge in [0.1, 0.15) is 0 Å². The molecule has 0 amide bonds. The maximum absolute atomic E-state index is 11.5. The SMILES string of the molecule is CC(CCCF)S(=O)(=O)O. The largest absolute Gasteiger partial charge is 0.285 e. The molecule has 0 aliphatic rings. The first-order chi connectivity index (χ1) is 4.48. The summed E-state index contributed by atoms with van der Waals surface area (Å²) in [4.78, 5) is 0. The number of halogens is 1. The summed E-state index contributed by atoms with van der Waals surface area (Å²) in [6.45, 7) is 0.810. The van der Waals surface area contributed by atoms with Crippen molar-refractivity contribution in [3.05, 3.63) is 0 Å². The van der Waals surface area contributed by atoms with Gasteiger partial charge in [0.25, 0.3) is 10.1 Å². The van der Waals surface area contributed by atoms with Crippen LogP contribution in [-0.4, -0.2) is 24.9 Å². The molecule has 0 aromatic heterocycles. The molecule has 0 aliphatic carbocycles. The topological polar surface area (TPSA) is 54.4 Å². The third kappa shape index (κ3) is 3.79. The molecule has 1 N–H and O–H groups in total. The predicted octanol–water partition coefficient (Wildman–Crippen LogP) is 1.01. The zero-order valence-corrected chi connectivity index (χ0v) is 6.57. The highest BCUT2D eigenvalue weighted by atomic mass is 32.2. The van der Waals surface area contributed by atoms with E-state index < -0.39 is 22.0 Å². The molecule has 0 bridgehead atoms. The van der Waals surface area contributed by atoms with Crippen LogP contribution >= 0.6 is 0 Å². The van der Waals surface area contributed by atoms with E-state index in [-0.39, 0.29) is 12.8 Å². The highest BCUT2D eigenvalue weighted by Crippen LogP contribution is 2.05. The van der Waals surface area contributed by atoms with Crippen LogP contribution in [0.15, 0.2) is 0 Å². The van der Waals surface area contributed by atoms with Crippen molar-refractivity contribution in [3.63, 3.8) is 0 Å². The average molecular weight is 170 g/mol. The van der Waals surface area contributed by atoms with Gasteiger partial charge in [-0.1, -0.05) is 0 Å². The maximum Gasteiger partial charge on any atom is 0.267 e. The molecular weight excluding hydrogens is 159 g/mol. The van der Waals surface area contributed by atoms with E-state index in [9.17, 15) is 12.8 Å².